The van der Waals surface area contributed by atoms with Gasteiger partial charge in [-0.1, -0.05) is 18.0 Å². The zero-order valence-corrected chi connectivity index (χ0v) is 13.5. The van der Waals surface area contributed by atoms with Gasteiger partial charge in [-0.2, -0.15) is 0 Å². The normalized spacial score (nSPS) is 18.3. The predicted octanol–water partition coefficient (Wildman–Crippen LogP) is 3.27. The highest BCUT2D eigenvalue weighted by Gasteiger charge is 2.15. The molecule has 1 fully saturated rings. The molecule has 0 spiro atoms. The Morgan fingerprint density at radius 1 is 1.43 bits per heavy atom. The molecule has 0 aromatic heterocycles. The molecule has 0 radical (unpaired) electrons. The molecule has 1 aliphatic rings. The number of hydrogen-bond acceptors (Lipinski definition) is 3. The quantitative estimate of drug-likeness (QED) is 0.877. The molecule has 2 N–H and O–H groups in total. The van der Waals surface area contributed by atoms with E-state index in [1.54, 1.807) is 6.07 Å². The van der Waals surface area contributed by atoms with E-state index in [9.17, 15) is 4.79 Å². The van der Waals surface area contributed by atoms with E-state index >= 15 is 0 Å². The van der Waals surface area contributed by atoms with Crippen LogP contribution in [0.1, 0.15) is 32.1 Å². The molecule has 116 valence electrons. The standard InChI is InChI=1S/C16H24ClN3O/c1-20(2)15-8-6-12(17)11-14(15)19-16(21)9-7-13-5-3-4-10-18-13/h6,8,11,13,18H,3-5,7,9-10H2,1-2H3,(H,19,21). The van der Waals surface area contributed by atoms with Crippen LogP contribution in [0.25, 0.3) is 0 Å². The highest BCUT2D eigenvalue weighted by molar-refractivity contribution is 6.31. The molecule has 0 aliphatic carbocycles. The van der Waals surface area contributed by atoms with Crippen LogP contribution in [0.15, 0.2) is 18.2 Å². The van der Waals surface area contributed by atoms with Gasteiger partial charge in [0, 0.05) is 31.6 Å². The van der Waals surface area contributed by atoms with Crippen molar-refractivity contribution in [2.75, 3.05) is 30.9 Å². The molecular formula is C16H24ClN3O. The molecule has 21 heavy (non-hydrogen) atoms. The maximum Gasteiger partial charge on any atom is 0.224 e. The molecule has 0 saturated carbocycles. The molecule has 2 rings (SSSR count). The molecule has 1 unspecified atom stereocenters. The number of nitrogens with zero attached hydrogens (tertiary/aromatic N) is 1. The topological polar surface area (TPSA) is 44.4 Å². The third-order valence-corrected chi connectivity index (χ3v) is 4.08. The summed E-state index contributed by atoms with van der Waals surface area (Å²) in [6.45, 7) is 1.07. The van der Waals surface area contributed by atoms with Gasteiger partial charge >= 0.3 is 0 Å². The third kappa shape index (κ3) is 4.90. The number of carbonyl (C=O) groups is 1. The first-order chi connectivity index (χ1) is 10.1. The molecule has 1 aromatic carbocycles. The average molecular weight is 310 g/mol. The van der Waals surface area contributed by atoms with Crippen LogP contribution < -0.4 is 15.5 Å². The smallest absolute Gasteiger partial charge is 0.224 e. The zero-order chi connectivity index (χ0) is 15.2. The van der Waals surface area contributed by atoms with Gasteiger partial charge in [0.1, 0.15) is 0 Å². The Morgan fingerprint density at radius 3 is 2.90 bits per heavy atom. The highest BCUT2D eigenvalue weighted by atomic mass is 35.5. The fraction of sp³-hybridized carbons (Fsp3) is 0.562. The van der Waals surface area contributed by atoms with Crippen LogP contribution in [0.4, 0.5) is 11.4 Å². The van der Waals surface area contributed by atoms with Crippen molar-refractivity contribution in [1.82, 2.24) is 5.32 Å². The Labute approximate surface area is 131 Å². The largest absolute Gasteiger partial charge is 0.376 e. The summed E-state index contributed by atoms with van der Waals surface area (Å²) in [6.07, 6.45) is 5.11. The van der Waals surface area contributed by atoms with Gasteiger partial charge in [0.05, 0.1) is 11.4 Å². The number of amides is 1. The Hall–Kier alpha value is -1.26. The van der Waals surface area contributed by atoms with Gasteiger partial charge < -0.3 is 15.5 Å². The van der Waals surface area contributed by atoms with E-state index in [4.69, 9.17) is 11.6 Å². The van der Waals surface area contributed by atoms with Crippen LogP contribution in [0.5, 0.6) is 0 Å². The van der Waals surface area contributed by atoms with Gasteiger partial charge in [-0.15, -0.1) is 0 Å². The highest BCUT2D eigenvalue weighted by Crippen LogP contribution is 2.28. The van der Waals surface area contributed by atoms with Crippen LogP contribution in [0.2, 0.25) is 5.02 Å². The lowest BCUT2D eigenvalue weighted by molar-refractivity contribution is -0.116. The van der Waals surface area contributed by atoms with E-state index < -0.39 is 0 Å². The summed E-state index contributed by atoms with van der Waals surface area (Å²) in [5.41, 5.74) is 1.73. The monoisotopic (exact) mass is 309 g/mol. The maximum absolute atomic E-state index is 12.1. The van der Waals surface area contributed by atoms with Crippen molar-refractivity contribution in [3.63, 3.8) is 0 Å². The van der Waals surface area contributed by atoms with E-state index in [0.29, 0.717) is 17.5 Å². The molecular weight excluding hydrogens is 286 g/mol. The van der Waals surface area contributed by atoms with Crippen molar-refractivity contribution in [3.8, 4) is 0 Å². The fourth-order valence-corrected chi connectivity index (χ4v) is 2.86. The van der Waals surface area contributed by atoms with Gasteiger partial charge in [0.2, 0.25) is 5.91 Å². The van der Waals surface area contributed by atoms with Gasteiger partial charge in [0.25, 0.3) is 0 Å². The van der Waals surface area contributed by atoms with Crippen molar-refractivity contribution < 1.29 is 4.79 Å². The molecule has 1 amide bonds. The number of rotatable bonds is 5. The molecule has 0 bridgehead atoms. The van der Waals surface area contributed by atoms with E-state index in [1.807, 2.05) is 31.1 Å². The van der Waals surface area contributed by atoms with Gasteiger partial charge in [-0.3, -0.25) is 4.79 Å². The summed E-state index contributed by atoms with van der Waals surface area (Å²) in [4.78, 5) is 14.1. The SMILES string of the molecule is CN(C)c1ccc(Cl)cc1NC(=O)CCC1CCCCN1. The first kappa shape index (κ1) is 16.1. The summed E-state index contributed by atoms with van der Waals surface area (Å²) in [5, 5.41) is 7.08. The first-order valence-electron chi connectivity index (χ1n) is 7.56. The number of carbonyl (C=O) groups excluding carboxylic acids is 1. The molecule has 1 aliphatic heterocycles. The Bertz CT molecular complexity index is 484. The van der Waals surface area contributed by atoms with Crippen LogP contribution in [0, 0.1) is 0 Å². The van der Waals surface area contributed by atoms with Gasteiger partial charge in [-0.25, -0.2) is 0 Å². The molecule has 1 heterocycles. The number of nitrogens with one attached hydrogen (secondary N) is 2. The van der Waals surface area contributed by atoms with Crippen molar-refractivity contribution in [1.29, 1.82) is 0 Å². The lowest BCUT2D eigenvalue weighted by Gasteiger charge is -2.23. The molecule has 1 atom stereocenters. The number of anilines is 2. The van der Waals surface area contributed by atoms with E-state index in [2.05, 4.69) is 10.6 Å². The Kier molecular flexibility index (Phi) is 5.88. The summed E-state index contributed by atoms with van der Waals surface area (Å²) >= 11 is 6.02. The Morgan fingerprint density at radius 2 is 2.24 bits per heavy atom. The van der Waals surface area contributed by atoms with Gasteiger partial charge in [0.15, 0.2) is 0 Å². The van der Waals surface area contributed by atoms with Crippen molar-refractivity contribution in [2.45, 2.75) is 38.1 Å². The van der Waals surface area contributed by atoms with Crippen LogP contribution in [0.3, 0.4) is 0 Å². The summed E-state index contributed by atoms with van der Waals surface area (Å²) in [7, 11) is 3.90. The summed E-state index contributed by atoms with van der Waals surface area (Å²) in [6, 6.07) is 6.03. The first-order valence-corrected chi connectivity index (χ1v) is 7.94. The molecule has 1 saturated heterocycles. The number of benzene rings is 1. The minimum Gasteiger partial charge on any atom is -0.376 e. The summed E-state index contributed by atoms with van der Waals surface area (Å²) < 4.78 is 0. The second-order valence-corrected chi connectivity index (χ2v) is 6.23. The van der Waals surface area contributed by atoms with Crippen LogP contribution in [-0.4, -0.2) is 32.6 Å². The van der Waals surface area contributed by atoms with Crippen molar-refractivity contribution >= 4 is 28.9 Å². The third-order valence-electron chi connectivity index (χ3n) is 3.85. The second-order valence-electron chi connectivity index (χ2n) is 5.79. The van der Waals surface area contributed by atoms with Crippen molar-refractivity contribution in [2.24, 2.45) is 0 Å². The molecule has 5 heteroatoms. The minimum atomic E-state index is 0.0488. The van der Waals surface area contributed by atoms with Crippen LogP contribution >= 0.6 is 11.6 Å². The minimum absolute atomic E-state index is 0.0488. The van der Waals surface area contributed by atoms with E-state index in [1.165, 1.54) is 19.3 Å². The van der Waals surface area contributed by atoms with E-state index in [-0.39, 0.29) is 5.91 Å². The number of piperidine rings is 1. The number of halogens is 1. The zero-order valence-electron chi connectivity index (χ0n) is 12.8. The Balaban J connectivity index is 1.91. The average Bonchev–Trinajstić information content (AvgIpc) is 2.46. The second kappa shape index (κ2) is 7.66. The maximum atomic E-state index is 12.1. The molecule has 4 nitrogen and oxygen atoms in total. The van der Waals surface area contributed by atoms with E-state index in [0.717, 1.165) is 24.3 Å². The van der Waals surface area contributed by atoms with Crippen LogP contribution in [-0.2, 0) is 4.79 Å². The summed E-state index contributed by atoms with van der Waals surface area (Å²) in [5.74, 6) is 0.0488. The van der Waals surface area contributed by atoms with Crippen molar-refractivity contribution in [3.05, 3.63) is 23.2 Å². The molecule has 1 aromatic rings. The lowest BCUT2D eigenvalue weighted by Crippen LogP contribution is -2.34. The fourth-order valence-electron chi connectivity index (χ4n) is 2.69. The van der Waals surface area contributed by atoms with Gasteiger partial charge in [-0.05, 0) is 44.0 Å². The lowest BCUT2D eigenvalue weighted by atomic mass is 10.0. The number of hydrogen-bond donors (Lipinski definition) is 2. The predicted molar refractivity (Wildman–Crippen MR) is 89.3 cm³/mol.